The van der Waals surface area contributed by atoms with E-state index in [1.165, 1.54) is 19.3 Å². The summed E-state index contributed by atoms with van der Waals surface area (Å²) >= 11 is 0. The van der Waals surface area contributed by atoms with E-state index in [4.69, 9.17) is 0 Å². The lowest BCUT2D eigenvalue weighted by Crippen LogP contribution is -2.41. The highest BCUT2D eigenvalue weighted by molar-refractivity contribution is 5.84. The highest BCUT2D eigenvalue weighted by Gasteiger charge is 2.36. The fraction of sp³-hybridized carbons (Fsp3) is 0.917. The Balaban J connectivity index is 1.92. The van der Waals surface area contributed by atoms with Gasteiger partial charge in [-0.25, -0.2) is 0 Å². The number of carbonyl (C=O) groups excluding carboxylic acids is 1. The summed E-state index contributed by atoms with van der Waals surface area (Å²) in [6, 6.07) is 0.585. The topological polar surface area (TPSA) is 32.3 Å². The first-order chi connectivity index (χ1) is 7.26. The van der Waals surface area contributed by atoms with Crippen molar-refractivity contribution in [3.05, 3.63) is 0 Å². The van der Waals surface area contributed by atoms with Crippen molar-refractivity contribution in [3.63, 3.8) is 0 Å². The third-order valence-corrected chi connectivity index (χ3v) is 3.80. The van der Waals surface area contributed by atoms with Gasteiger partial charge in [-0.1, -0.05) is 19.8 Å². The Kier molecular flexibility index (Phi) is 3.29. The van der Waals surface area contributed by atoms with E-state index in [1.807, 2.05) is 7.05 Å². The molecule has 2 fully saturated rings. The first kappa shape index (κ1) is 10.9. The van der Waals surface area contributed by atoms with Gasteiger partial charge in [0.2, 0.25) is 5.91 Å². The summed E-state index contributed by atoms with van der Waals surface area (Å²) in [6.07, 6.45) is 6.09. The van der Waals surface area contributed by atoms with Gasteiger partial charge in [0.1, 0.15) is 0 Å². The molecule has 0 aromatic rings. The number of likely N-dealkylation sites (N-methyl/N-ethyl adjacent to an activating group) is 1. The molecule has 1 aliphatic carbocycles. The lowest BCUT2D eigenvalue weighted by atomic mass is 10.1. The highest BCUT2D eigenvalue weighted by atomic mass is 16.2. The molecule has 3 nitrogen and oxygen atoms in total. The maximum absolute atomic E-state index is 12.0. The number of carbonyl (C=O) groups is 1. The molecule has 1 N–H and O–H groups in total. The molecule has 1 aliphatic heterocycles. The molecule has 2 atom stereocenters. The van der Waals surface area contributed by atoms with E-state index in [0.29, 0.717) is 11.9 Å². The Hall–Kier alpha value is -0.570. The molecule has 0 bridgehead atoms. The maximum atomic E-state index is 12.0. The monoisotopic (exact) mass is 210 g/mol. The average Bonchev–Trinajstić information content (AvgIpc) is 2.99. The second-order valence-corrected chi connectivity index (χ2v) is 4.90. The van der Waals surface area contributed by atoms with Crippen molar-refractivity contribution in [2.45, 2.75) is 51.1 Å². The summed E-state index contributed by atoms with van der Waals surface area (Å²) in [5.41, 5.74) is 0. The van der Waals surface area contributed by atoms with Crippen LogP contribution in [-0.2, 0) is 4.79 Å². The fourth-order valence-corrected chi connectivity index (χ4v) is 2.58. The van der Waals surface area contributed by atoms with Crippen molar-refractivity contribution < 1.29 is 4.79 Å². The molecule has 1 heterocycles. The summed E-state index contributed by atoms with van der Waals surface area (Å²) in [6.45, 7) is 3.16. The summed E-state index contributed by atoms with van der Waals surface area (Å²) < 4.78 is 0. The molecule has 3 heteroatoms. The van der Waals surface area contributed by atoms with Gasteiger partial charge in [0.05, 0.1) is 6.04 Å². The third kappa shape index (κ3) is 2.33. The molecular weight excluding hydrogens is 188 g/mol. The van der Waals surface area contributed by atoms with Crippen LogP contribution in [0.3, 0.4) is 0 Å². The minimum atomic E-state index is 0.0817. The number of hydrogen-bond acceptors (Lipinski definition) is 2. The quantitative estimate of drug-likeness (QED) is 0.743. The molecule has 2 unspecified atom stereocenters. The molecule has 0 aromatic carbocycles. The SMILES string of the molecule is CCC(CC1CC1)N1CCC(NC)C1=O. The van der Waals surface area contributed by atoms with E-state index in [1.54, 1.807) is 0 Å². The Labute approximate surface area is 92.2 Å². The number of nitrogens with one attached hydrogen (secondary N) is 1. The van der Waals surface area contributed by atoms with Crippen molar-refractivity contribution in [2.24, 2.45) is 5.92 Å². The van der Waals surface area contributed by atoms with Crippen molar-refractivity contribution in [3.8, 4) is 0 Å². The van der Waals surface area contributed by atoms with E-state index in [0.717, 1.165) is 25.3 Å². The first-order valence-electron chi connectivity index (χ1n) is 6.24. The zero-order chi connectivity index (χ0) is 10.8. The molecule has 86 valence electrons. The van der Waals surface area contributed by atoms with Crippen molar-refractivity contribution in [1.29, 1.82) is 0 Å². The molecular formula is C12H22N2O. The zero-order valence-corrected chi connectivity index (χ0v) is 9.83. The normalized spacial score (nSPS) is 28.5. The number of hydrogen-bond donors (Lipinski definition) is 1. The molecule has 0 radical (unpaired) electrons. The number of amides is 1. The average molecular weight is 210 g/mol. The largest absolute Gasteiger partial charge is 0.338 e. The molecule has 1 saturated carbocycles. The first-order valence-corrected chi connectivity index (χ1v) is 6.24. The van der Waals surface area contributed by atoms with E-state index < -0.39 is 0 Å². The van der Waals surface area contributed by atoms with Crippen LogP contribution in [-0.4, -0.2) is 36.5 Å². The van der Waals surface area contributed by atoms with Gasteiger partial charge >= 0.3 is 0 Å². The predicted molar refractivity (Wildman–Crippen MR) is 60.6 cm³/mol. The standard InChI is InChI=1S/C12H22N2O/c1-3-10(8-9-4-5-9)14-7-6-11(13-2)12(14)15/h9-11,13H,3-8H2,1-2H3. The van der Waals surface area contributed by atoms with Gasteiger partial charge in [-0.3, -0.25) is 4.79 Å². The van der Waals surface area contributed by atoms with Gasteiger partial charge < -0.3 is 10.2 Å². The lowest BCUT2D eigenvalue weighted by molar-refractivity contribution is -0.131. The van der Waals surface area contributed by atoms with Crippen LogP contribution >= 0.6 is 0 Å². The van der Waals surface area contributed by atoms with Crippen LogP contribution < -0.4 is 5.32 Å². The number of nitrogens with zero attached hydrogens (tertiary/aromatic N) is 1. The van der Waals surface area contributed by atoms with Gasteiger partial charge in [0.15, 0.2) is 0 Å². The van der Waals surface area contributed by atoms with Crippen LogP contribution in [0, 0.1) is 5.92 Å². The second-order valence-electron chi connectivity index (χ2n) is 4.90. The summed E-state index contributed by atoms with van der Waals surface area (Å²) in [7, 11) is 1.88. The summed E-state index contributed by atoms with van der Waals surface area (Å²) in [4.78, 5) is 14.1. The van der Waals surface area contributed by atoms with E-state index in [9.17, 15) is 4.79 Å². The summed E-state index contributed by atoms with van der Waals surface area (Å²) in [5, 5.41) is 3.10. The molecule has 2 aliphatic rings. The van der Waals surface area contributed by atoms with Crippen LogP contribution in [0.2, 0.25) is 0 Å². The van der Waals surface area contributed by atoms with Crippen LogP contribution in [0.1, 0.15) is 39.0 Å². The minimum absolute atomic E-state index is 0.0817. The van der Waals surface area contributed by atoms with E-state index >= 15 is 0 Å². The van der Waals surface area contributed by atoms with E-state index in [-0.39, 0.29) is 6.04 Å². The summed E-state index contributed by atoms with van der Waals surface area (Å²) in [5.74, 6) is 1.24. The van der Waals surface area contributed by atoms with Gasteiger partial charge in [-0.15, -0.1) is 0 Å². The Morgan fingerprint density at radius 3 is 2.67 bits per heavy atom. The van der Waals surface area contributed by atoms with Crippen LogP contribution in [0.4, 0.5) is 0 Å². The molecule has 1 saturated heterocycles. The van der Waals surface area contributed by atoms with Crippen LogP contribution in [0.15, 0.2) is 0 Å². The molecule has 0 aromatic heterocycles. The highest BCUT2D eigenvalue weighted by Crippen LogP contribution is 2.36. The Bertz CT molecular complexity index is 238. The van der Waals surface area contributed by atoms with Crippen LogP contribution in [0.25, 0.3) is 0 Å². The van der Waals surface area contributed by atoms with Gasteiger partial charge in [-0.2, -0.15) is 0 Å². The van der Waals surface area contributed by atoms with Crippen molar-refractivity contribution in [1.82, 2.24) is 10.2 Å². The second kappa shape index (κ2) is 4.52. The third-order valence-electron chi connectivity index (χ3n) is 3.80. The molecule has 15 heavy (non-hydrogen) atoms. The molecule has 1 amide bonds. The lowest BCUT2D eigenvalue weighted by Gasteiger charge is -2.27. The molecule has 2 rings (SSSR count). The van der Waals surface area contributed by atoms with Gasteiger partial charge in [0.25, 0.3) is 0 Å². The Morgan fingerprint density at radius 1 is 1.47 bits per heavy atom. The zero-order valence-electron chi connectivity index (χ0n) is 9.83. The van der Waals surface area contributed by atoms with Crippen molar-refractivity contribution >= 4 is 5.91 Å². The number of rotatable bonds is 5. The maximum Gasteiger partial charge on any atom is 0.240 e. The van der Waals surface area contributed by atoms with Gasteiger partial charge in [0, 0.05) is 12.6 Å². The molecule has 0 spiro atoms. The van der Waals surface area contributed by atoms with Crippen molar-refractivity contribution in [2.75, 3.05) is 13.6 Å². The van der Waals surface area contributed by atoms with Crippen LogP contribution in [0.5, 0.6) is 0 Å². The Morgan fingerprint density at radius 2 is 2.20 bits per heavy atom. The fourth-order valence-electron chi connectivity index (χ4n) is 2.58. The smallest absolute Gasteiger partial charge is 0.240 e. The minimum Gasteiger partial charge on any atom is -0.338 e. The predicted octanol–water partition coefficient (Wildman–Crippen LogP) is 1.39. The van der Waals surface area contributed by atoms with E-state index in [2.05, 4.69) is 17.1 Å². The number of likely N-dealkylation sites (tertiary alicyclic amines) is 1. The van der Waals surface area contributed by atoms with Gasteiger partial charge in [-0.05, 0) is 32.2 Å².